The van der Waals surface area contributed by atoms with Crippen molar-refractivity contribution in [3.05, 3.63) is 0 Å². The van der Waals surface area contributed by atoms with E-state index in [2.05, 4.69) is 0 Å². The zero-order valence-electron chi connectivity index (χ0n) is 10.9. The maximum absolute atomic E-state index is 10.1. The lowest BCUT2D eigenvalue weighted by atomic mass is 10.1. The molecule has 0 bridgehead atoms. The van der Waals surface area contributed by atoms with E-state index in [1.807, 2.05) is 0 Å². The van der Waals surface area contributed by atoms with Crippen LogP contribution in [0.1, 0.15) is 52.4 Å². The lowest BCUT2D eigenvalue weighted by Crippen LogP contribution is -2.30. The molecule has 0 saturated carbocycles. The van der Waals surface area contributed by atoms with Crippen molar-refractivity contribution in [3.63, 3.8) is 0 Å². The lowest BCUT2D eigenvalue weighted by molar-refractivity contribution is 0.108. The van der Waals surface area contributed by atoms with Crippen LogP contribution in [-0.2, 0) is 0 Å². The van der Waals surface area contributed by atoms with Crippen molar-refractivity contribution in [1.29, 1.82) is 0 Å². The first-order valence-corrected chi connectivity index (χ1v) is 7.01. The van der Waals surface area contributed by atoms with Crippen LogP contribution in [0, 0.1) is 0 Å². The second-order valence-corrected chi connectivity index (χ2v) is 6.78. The molecule has 0 radical (unpaired) electrons. The van der Waals surface area contributed by atoms with Crippen LogP contribution >= 0.6 is 11.8 Å². The molecule has 4 N–H and O–H groups in total. The van der Waals surface area contributed by atoms with Gasteiger partial charge in [-0.2, -0.15) is 0 Å². The van der Waals surface area contributed by atoms with Crippen molar-refractivity contribution < 1.29 is 20.4 Å². The molecule has 0 aliphatic heterocycles. The normalized spacial score (nSPS) is 18.7. The van der Waals surface area contributed by atoms with E-state index in [1.54, 1.807) is 13.8 Å². The molecule has 17 heavy (non-hydrogen) atoms. The molecule has 104 valence electrons. The molecule has 0 aromatic heterocycles. The van der Waals surface area contributed by atoms with Crippen LogP contribution in [-0.4, -0.2) is 43.5 Å². The molecular formula is C12H26O4S. The molecule has 2 unspecified atom stereocenters. The molecule has 0 aromatic rings. The van der Waals surface area contributed by atoms with Gasteiger partial charge in [-0.05, 0) is 52.4 Å². The van der Waals surface area contributed by atoms with Crippen LogP contribution in [0.4, 0.5) is 0 Å². The molecule has 0 amide bonds. The predicted molar refractivity (Wildman–Crippen MR) is 70.7 cm³/mol. The summed E-state index contributed by atoms with van der Waals surface area (Å²) < 4.78 is 0. The van der Waals surface area contributed by atoms with Gasteiger partial charge in [0.1, 0.15) is 9.87 Å². The van der Waals surface area contributed by atoms with Crippen molar-refractivity contribution in [1.82, 2.24) is 0 Å². The highest BCUT2D eigenvalue weighted by atomic mass is 32.2. The maximum Gasteiger partial charge on any atom is 0.110 e. The fraction of sp³-hybridized carbons (Fsp3) is 1.00. The van der Waals surface area contributed by atoms with Crippen molar-refractivity contribution in [2.45, 2.75) is 62.2 Å². The van der Waals surface area contributed by atoms with E-state index in [0.29, 0.717) is 25.7 Å². The molecule has 0 fully saturated rings. The van der Waals surface area contributed by atoms with Crippen LogP contribution in [0.5, 0.6) is 0 Å². The largest absolute Gasteiger partial charge is 0.396 e. The summed E-state index contributed by atoms with van der Waals surface area (Å²) in [6, 6.07) is 0. The highest BCUT2D eigenvalue weighted by Gasteiger charge is 2.32. The molecule has 0 heterocycles. The highest BCUT2D eigenvalue weighted by Crippen LogP contribution is 2.39. The topological polar surface area (TPSA) is 80.9 Å². The fourth-order valence-corrected chi connectivity index (χ4v) is 3.15. The second-order valence-electron chi connectivity index (χ2n) is 4.81. The molecule has 2 atom stereocenters. The van der Waals surface area contributed by atoms with Gasteiger partial charge in [0.25, 0.3) is 0 Å². The van der Waals surface area contributed by atoms with Gasteiger partial charge in [-0.25, -0.2) is 0 Å². The van der Waals surface area contributed by atoms with E-state index in [9.17, 15) is 10.2 Å². The minimum atomic E-state index is -0.974. The quantitative estimate of drug-likeness (QED) is 0.355. The molecule has 0 aliphatic rings. The summed E-state index contributed by atoms with van der Waals surface area (Å²) >= 11 is 1.15. The Morgan fingerprint density at radius 2 is 1.12 bits per heavy atom. The molecule has 0 rings (SSSR count). The van der Waals surface area contributed by atoms with Gasteiger partial charge in [-0.15, -0.1) is 0 Å². The summed E-state index contributed by atoms with van der Waals surface area (Å²) in [7, 11) is 0. The molecule has 0 spiro atoms. The molecule has 0 saturated heterocycles. The molecule has 5 heteroatoms. The number of aliphatic hydroxyl groups is 4. The Balaban J connectivity index is 3.99. The van der Waals surface area contributed by atoms with Gasteiger partial charge in [0.15, 0.2) is 0 Å². The van der Waals surface area contributed by atoms with Crippen LogP contribution < -0.4 is 0 Å². The Kier molecular flexibility index (Phi) is 8.41. The van der Waals surface area contributed by atoms with Gasteiger partial charge in [-0.3, -0.25) is 0 Å². The SMILES string of the molecule is CC(O)(CCCCO)SC(C)(O)CCCCO. The highest BCUT2D eigenvalue weighted by molar-refractivity contribution is 8.01. The van der Waals surface area contributed by atoms with Crippen molar-refractivity contribution in [2.24, 2.45) is 0 Å². The zero-order chi connectivity index (χ0) is 13.4. The summed E-state index contributed by atoms with van der Waals surface area (Å²) in [6.07, 6.45) is 3.92. The molecular weight excluding hydrogens is 240 g/mol. The standard InChI is InChI=1S/C12H26O4S/c1-11(15,7-3-5-9-13)17-12(2,16)8-4-6-10-14/h13-16H,3-10H2,1-2H3. The summed E-state index contributed by atoms with van der Waals surface area (Å²) in [4.78, 5) is -1.95. The monoisotopic (exact) mass is 266 g/mol. The first-order chi connectivity index (χ1) is 7.83. The van der Waals surface area contributed by atoms with E-state index in [-0.39, 0.29) is 13.2 Å². The lowest BCUT2D eigenvalue weighted by Gasteiger charge is -2.32. The molecule has 0 aromatic carbocycles. The number of hydrogen-bond acceptors (Lipinski definition) is 5. The zero-order valence-corrected chi connectivity index (χ0v) is 11.7. The number of thioether (sulfide) groups is 1. The van der Waals surface area contributed by atoms with Gasteiger partial charge in [0, 0.05) is 13.2 Å². The van der Waals surface area contributed by atoms with Crippen molar-refractivity contribution >= 4 is 11.8 Å². The van der Waals surface area contributed by atoms with Crippen molar-refractivity contribution in [2.75, 3.05) is 13.2 Å². The minimum absolute atomic E-state index is 0.133. The Labute approximate surface area is 108 Å². The van der Waals surface area contributed by atoms with Gasteiger partial charge < -0.3 is 20.4 Å². The van der Waals surface area contributed by atoms with Gasteiger partial charge in [-0.1, -0.05) is 11.8 Å². The third-order valence-electron chi connectivity index (χ3n) is 2.54. The number of unbranched alkanes of at least 4 members (excludes halogenated alkanes) is 2. The third kappa shape index (κ3) is 9.85. The number of aliphatic hydroxyl groups excluding tert-OH is 2. The Morgan fingerprint density at radius 1 is 0.765 bits per heavy atom. The van der Waals surface area contributed by atoms with E-state index >= 15 is 0 Å². The summed E-state index contributed by atoms with van der Waals surface area (Å²) in [5, 5.41) is 37.6. The van der Waals surface area contributed by atoms with E-state index in [0.717, 1.165) is 24.6 Å². The van der Waals surface area contributed by atoms with Crippen LogP contribution in [0.2, 0.25) is 0 Å². The first kappa shape index (κ1) is 17.2. The van der Waals surface area contributed by atoms with E-state index in [1.165, 1.54) is 0 Å². The van der Waals surface area contributed by atoms with Gasteiger partial charge in [0.2, 0.25) is 0 Å². The van der Waals surface area contributed by atoms with Crippen molar-refractivity contribution in [3.8, 4) is 0 Å². The Morgan fingerprint density at radius 3 is 1.41 bits per heavy atom. The predicted octanol–water partition coefficient (Wildman–Crippen LogP) is 1.46. The molecule has 0 aliphatic carbocycles. The molecule has 4 nitrogen and oxygen atoms in total. The van der Waals surface area contributed by atoms with Crippen LogP contribution in [0.25, 0.3) is 0 Å². The Bertz CT molecular complexity index is 175. The maximum atomic E-state index is 10.1. The number of rotatable bonds is 10. The summed E-state index contributed by atoms with van der Waals surface area (Å²) in [6.45, 7) is 3.65. The van der Waals surface area contributed by atoms with Crippen LogP contribution in [0.15, 0.2) is 0 Å². The van der Waals surface area contributed by atoms with E-state index < -0.39 is 9.87 Å². The van der Waals surface area contributed by atoms with Gasteiger partial charge >= 0.3 is 0 Å². The van der Waals surface area contributed by atoms with Crippen LogP contribution in [0.3, 0.4) is 0 Å². The fourth-order valence-electron chi connectivity index (χ4n) is 1.71. The first-order valence-electron chi connectivity index (χ1n) is 6.20. The van der Waals surface area contributed by atoms with E-state index in [4.69, 9.17) is 10.2 Å². The smallest absolute Gasteiger partial charge is 0.110 e. The Hall–Kier alpha value is 0.190. The summed E-state index contributed by atoms with van der Waals surface area (Å²) in [5.74, 6) is 0. The number of hydrogen-bond donors (Lipinski definition) is 4. The minimum Gasteiger partial charge on any atom is -0.396 e. The average Bonchev–Trinajstić information content (AvgIpc) is 2.16. The third-order valence-corrected chi connectivity index (χ3v) is 3.83. The second kappa shape index (κ2) is 8.32. The van der Waals surface area contributed by atoms with Gasteiger partial charge in [0.05, 0.1) is 0 Å². The average molecular weight is 266 g/mol. The summed E-state index contributed by atoms with van der Waals surface area (Å²) in [5.41, 5.74) is 0.